The molecule has 0 aliphatic heterocycles. The van der Waals surface area contributed by atoms with E-state index in [9.17, 15) is 4.79 Å². The number of rotatable bonds is 2. The minimum absolute atomic E-state index is 0.00179. The van der Waals surface area contributed by atoms with E-state index in [1.165, 1.54) is 5.56 Å². The molecule has 0 saturated carbocycles. The zero-order valence-corrected chi connectivity index (χ0v) is 9.26. The van der Waals surface area contributed by atoms with E-state index in [0.717, 1.165) is 17.8 Å². The molecule has 2 heterocycles. The standard InChI is InChI=1S/C14H12N2O/c17-14-8-4-7-13-15-12(10-16(13)14)9-11-5-2-1-3-6-11/h1-8,10,15H,9H2. The van der Waals surface area contributed by atoms with E-state index in [1.54, 1.807) is 16.5 Å². The highest BCUT2D eigenvalue weighted by Crippen LogP contribution is 2.08. The molecule has 2 aromatic heterocycles. The van der Waals surface area contributed by atoms with E-state index < -0.39 is 0 Å². The Morgan fingerprint density at radius 3 is 2.59 bits per heavy atom. The van der Waals surface area contributed by atoms with Crippen LogP contribution in [0.3, 0.4) is 0 Å². The number of hydrogen-bond acceptors (Lipinski definition) is 1. The Kier molecular flexibility index (Phi) is 2.29. The van der Waals surface area contributed by atoms with Crippen molar-refractivity contribution < 1.29 is 0 Å². The van der Waals surface area contributed by atoms with E-state index in [4.69, 9.17) is 0 Å². The zero-order chi connectivity index (χ0) is 11.7. The van der Waals surface area contributed by atoms with E-state index in [-0.39, 0.29) is 5.56 Å². The lowest BCUT2D eigenvalue weighted by molar-refractivity contribution is 1.09. The molecule has 84 valence electrons. The van der Waals surface area contributed by atoms with Crippen LogP contribution in [0.2, 0.25) is 0 Å². The first-order valence-corrected chi connectivity index (χ1v) is 5.56. The predicted octanol–water partition coefficient (Wildman–Crippen LogP) is 2.22. The average Bonchev–Trinajstić information content (AvgIpc) is 2.74. The summed E-state index contributed by atoms with van der Waals surface area (Å²) >= 11 is 0. The highest BCUT2D eigenvalue weighted by Gasteiger charge is 2.02. The van der Waals surface area contributed by atoms with Gasteiger partial charge in [-0.25, -0.2) is 0 Å². The van der Waals surface area contributed by atoms with Crippen molar-refractivity contribution in [2.45, 2.75) is 6.42 Å². The monoisotopic (exact) mass is 224 g/mol. The van der Waals surface area contributed by atoms with Gasteiger partial charge in [-0.3, -0.25) is 9.20 Å². The maximum Gasteiger partial charge on any atom is 0.256 e. The summed E-state index contributed by atoms with van der Waals surface area (Å²) in [6, 6.07) is 15.4. The predicted molar refractivity (Wildman–Crippen MR) is 67.3 cm³/mol. The van der Waals surface area contributed by atoms with Gasteiger partial charge in [0.1, 0.15) is 5.65 Å². The molecule has 0 spiro atoms. The van der Waals surface area contributed by atoms with Gasteiger partial charge in [0, 0.05) is 24.4 Å². The highest BCUT2D eigenvalue weighted by atomic mass is 16.1. The molecule has 3 nitrogen and oxygen atoms in total. The Morgan fingerprint density at radius 1 is 1.00 bits per heavy atom. The van der Waals surface area contributed by atoms with Crippen molar-refractivity contribution in [1.29, 1.82) is 0 Å². The third kappa shape index (κ3) is 1.87. The van der Waals surface area contributed by atoms with Crippen molar-refractivity contribution in [1.82, 2.24) is 9.38 Å². The van der Waals surface area contributed by atoms with Gasteiger partial charge in [0.05, 0.1) is 0 Å². The normalized spacial score (nSPS) is 10.8. The molecule has 0 amide bonds. The smallest absolute Gasteiger partial charge is 0.256 e. The van der Waals surface area contributed by atoms with Crippen LogP contribution in [0.15, 0.2) is 59.5 Å². The van der Waals surface area contributed by atoms with E-state index in [1.807, 2.05) is 30.5 Å². The molecule has 3 heteroatoms. The van der Waals surface area contributed by atoms with Gasteiger partial charge in [0.15, 0.2) is 0 Å². The second-order valence-corrected chi connectivity index (χ2v) is 4.06. The van der Waals surface area contributed by atoms with Gasteiger partial charge in [-0.2, -0.15) is 0 Å². The lowest BCUT2D eigenvalue weighted by atomic mass is 10.1. The molecule has 1 aromatic carbocycles. The first kappa shape index (κ1) is 9.90. The molecule has 17 heavy (non-hydrogen) atoms. The summed E-state index contributed by atoms with van der Waals surface area (Å²) in [5, 5.41) is 0. The fourth-order valence-corrected chi connectivity index (χ4v) is 1.99. The van der Waals surface area contributed by atoms with Crippen LogP contribution in [0.5, 0.6) is 0 Å². The Labute approximate surface area is 98.4 Å². The molecule has 0 aliphatic carbocycles. The number of aromatic nitrogens is 2. The summed E-state index contributed by atoms with van der Waals surface area (Å²) in [6.07, 6.45) is 2.67. The van der Waals surface area contributed by atoms with E-state index >= 15 is 0 Å². The Bertz CT molecular complexity index is 695. The maximum absolute atomic E-state index is 11.6. The number of H-pyrrole nitrogens is 1. The number of imidazole rings is 1. The number of pyridine rings is 1. The number of nitrogens with zero attached hydrogens (tertiary/aromatic N) is 1. The van der Waals surface area contributed by atoms with Gasteiger partial charge in [0.25, 0.3) is 5.56 Å². The highest BCUT2D eigenvalue weighted by molar-refractivity contribution is 5.40. The Morgan fingerprint density at radius 2 is 1.82 bits per heavy atom. The Hall–Kier alpha value is -2.29. The summed E-state index contributed by atoms with van der Waals surface area (Å²) in [5.41, 5.74) is 3.10. The van der Waals surface area contributed by atoms with E-state index in [0.29, 0.717) is 0 Å². The van der Waals surface area contributed by atoms with Gasteiger partial charge in [-0.05, 0) is 11.6 Å². The minimum atomic E-state index is -0.00179. The molecule has 0 radical (unpaired) electrons. The van der Waals surface area contributed by atoms with Crippen molar-refractivity contribution in [3.05, 3.63) is 76.3 Å². The molecule has 3 aromatic rings. The van der Waals surface area contributed by atoms with Crippen molar-refractivity contribution in [3.63, 3.8) is 0 Å². The molecular weight excluding hydrogens is 212 g/mol. The molecule has 0 aliphatic rings. The molecule has 1 N–H and O–H groups in total. The van der Waals surface area contributed by atoms with Gasteiger partial charge in [-0.1, -0.05) is 36.4 Å². The SMILES string of the molecule is O=c1cccc2[nH]c(Cc3ccccc3)cn12. The van der Waals surface area contributed by atoms with Gasteiger partial charge >= 0.3 is 0 Å². The van der Waals surface area contributed by atoms with Crippen molar-refractivity contribution in [2.75, 3.05) is 0 Å². The van der Waals surface area contributed by atoms with Crippen molar-refractivity contribution in [3.8, 4) is 0 Å². The molecular formula is C14H12N2O. The van der Waals surface area contributed by atoms with E-state index in [2.05, 4.69) is 17.1 Å². The second kappa shape index (κ2) is 3.94. The van der Waals surface area contributed by atoms with Gasteiger partial charge in [-0.15, -0.1) is 0 Å². The fraction of sp³-hybridized carbons (Fsp3) is 0.0714. The third-order valence-electron chi connectivity index (χ3n) is 2.80. The number of hydrogen-bond donors (Lipinski definition) is 1. The summed E-state index contributed by atoms with van der Waals surface area (Å²) in [5.74, 6) is 0. The van der Waals surface area contributed by atoms with Crippen LogP contribution in [0.1, 0.15) is 11.3 Å². The zero-order valence-electron chi connectivity index (χ0n) is 9.26. The van der Waals surface area contributed by atoms with Crippen molar-refractivity contribution >= 4 is 5.65 Å². The Balaban J connectivity index is 2.02. The van der Waals surface area contributed by atoms with Gasteiger partial charge in [0.2, 0.25) is 0 Å². The van der Waals surface area contributed by atoms with Crippen LogP contribution in [-0.2, 0) is 6.42 Å². The molecule has 0 atom stereocenters. The first-order chi connectivity index (χ1) is 8.33. The fourth-order valence-electron chi connectivity index (χ4n) is 1.99. The van der Waals surface area contributed by atoms with Crippen LogP contribution in [0.4, 0.5) is 0 Å². The summed E-state index contributed by atoms with van der Waals surface area (Å²) in [7, 11) is 0. The molecule has 0 fully saturated rings. The lowest BCUT2D eigenvalue weighted by Crippen LogP contribution is -2.08. The number of aromatic amines is 1. The molecule has 0 saturated heterocycles. The number of fused-ring (bicyclic) bond motifs is 1. The first-order valence-electron chi connectivity index (χ1n) is 5.56. The topological polar surface area (TPSA) is 37.3 Å². The van der Waals surface area contributed by atoms with Gasteiger partial charge < -0.3 is 4.98 Å². The van der Waals surface area contributed by atoms with Crippen LogP contribution in [0, 0.1) is 0 Å². The number of benzene rings is 1. The van der Waals surface area contributed by atoms with Crippen LogP contribution in [-0.4, -0.2) is 9.38 Å². The summed E-state index contributed by atoms with van der Waals surface area (Å²) in [6.45, 7) is 0. The van der Waals surface area contributed by atoms with Crippen LogP contribution >= 0.6 is 0 Å². The second-order valence-electron chi connectivity index (χ2n) is 4.06. The molecule has 0 bridgehead atoms. The minimum Gasteiger partial charge on any atom is -0.343 e. The van der Waals surface area contributed by atoms with Crippen LogP contribution in [0.25, 0.3) is 5.65 Å². The largest absolute Gasteiger partial charge is 0.343 e. The maximum atomic E-state index is 11.6. The summed E-state index contributed by atoms with van der Waals surface area (Å²) < 4.78 is 1.64. The molecule has 0 unspecified atom stereocenters. The van der Waals surface area contributed by atoms with Crippen molar-refractivity contribution in [2.24, 2.45) is 0 Å². The number of nitrogens with one attached hydrogen (secondary N) is 1. The lowest BCUT2D eigenvalue weighted by Gasteiger charge is -1.96. The van der Waals surface area contributed by atoms with Crippen LogP contribution < -0.4 is 5.56 Å². The molecule has 3 rings (SSSR count). The third-order valence-corrected chi connectivity index (χ3v) is 2.80. The summed E-state index contributed by atoms with van der Waals surface area (Å²) in [4.78, 5) is 14.8. The quantitative estimate of drug-likeness (QED) is 0.712. The average molecular weight is 224 g/mol.